The summed E-state index contributed by atoms with van der Waals surface area (Å²) in [5.74, 6) is 0.369. The molecule has 56 valence electrons. The predicted octanol–water partition coefficient (Wildman–Crippen LogP) is 0.698. The van der Waals surface area contributed by atoms with Crippen LogP contribution < -0.4 is 5.73 Å². The molecule has 0 radical (unpaired) electrons. The summed E-state index contributed by atoms with van der Waals surface area (Å²) in [7, 11) is 0. The van der Waals surface area contributed by atoms with Crippen LogP contribution in [0.25, 0.3) is 11.2 Å². The molecular weight excluding hydrogens is 210 g/mol. The van der Waals surface area contributed by atoms with Crippen molar-refractivity contribution < 1.29 is 0 Å². The van der Waals surface area contributed by atoms with Crippen LogP contribution in [0.4, 0.5) is 5.82 Å². The second kappa shape index (κ2) is 2.16. The quantitative estimate of drug-likeness (QED) is 0.676. The van der Waals surface area contributed by atoms with Crippen molar-refractivity contribution in [3.05, 3.63) is 10.8 Å². The Balaban J connectivity index is 2.87. The highest BCUT2D eigenvalue weighted by Crippen LogP contribution is 2.14. The number of nitrogen functional groups attached to an aromatic ring is 1. The number of rotatable bonds is 0. The highest BCUT2D eigenvalue weighted by atomic mass is 79.9. The summed E-state index contributed by atoms with van der Waals surface area (Å²) in [5, 5.41) is 6.39. The number of hydrogen-bond donors (Lipinski definition) is 2. The maximum absolute atomic E-state index is 5.48. The SMILES string of the molecule is Nc1n[nH]c2ncc(Br)nc12. The molecule has 0 spiro atoms. The van der Waals surface area contributed by atoms with Crippen LogP contribution >= 0.6 is 15.9 Å². The lowest BCUT2D eigenvalue weighted by Crippen LogP contribution is -1.86. The number of fused-ring (bicyclic) bond motifs is 1. The average molecular weight is 214 g/mol. The minimum atomic E-state index is 0.369. The third-order valence-corrected chi connectivity index (χ3v) is 1.65. The van der Waals surface area contributed by atoms with Crippen molar-refractivity contribution in [3.8, 4) is 0 Å². The third kappa shape index (κ3) is 0.949. The Morgan fingerprint density at radius 2 is 2.36 bits per heavy atom. The van der Waals surface area contributed by atoms with Crippen LogP contribution in [0.1, 0.15) is 0 Å². The molecular formula is C5H4BrN5. The maximum Gasteiger partial charge on any atom is 0.176 e. The fourth-order valence-corrected chi connectivity index (χ4v) is 1.07. The molecule has 0 fully saturated rings. The van der Waals surface area contributed by atoms with E-state index in [1.807, 2.05) is 0 Å². The number of halogens is 1. The largest absolute Gasteiger partial charge is 0.380 e. The van der Waals surface area contributed by atoms with Gasteiger partial charge in [-0.3, -0.25) is 5.10 Å². The second-order valence-corrected chi connectivity index (χ2v) is 2.81. The van der Waals surface area contributed by atoms with Crippen LogP contribution in [-0.2, 0) is 0 Å². The van der Waals surface area contributed by atoms with Gasteiger partial charge in [-0.2, -0.15) is 5.10 Å². The summed E-state index contributed by atoms with van der Waals surface area (Å²) in [6.45, 7) is 0. The third-order valence-electron chi connectivity index (χ3n) is 1.27. The van der Waals surface area contributed by atoms with Crippen molar-refractivity contribution in [1.29, 1.82) is 0 Å². The van der Waals surface area contributed by atoms with Gasteiger partial charge in [-0.15, -0.1) is 0 Å². The van der Waals surface area contributed by atoms with Gasteiger partial charge in [0.1, 0.15) is 4.60 Å². The highest BCUT2D eigenvalue weighted by Gasteiger charge is 2.03. The van der Waals surface area contributed by atoms with E-state index < -0.39 is 0 Å². The zero-order chi connectivity index (χ0) is 7.84. The monoisotopic (exact) mass is 213 g/mol. The summed E-state index contributed by atoms with van der Waals surface area (Å²) >= 11 is 3.18. The van der Waals surface area contributed by atoms with Crippen molar-refractivity contribution in [2.45, 2.75) is 0 Å². The van der Waals surface area contributed by atoms with Crippen LogP contribution in [0.3, 0.4) is 0 Å². The van der Waals surface area contributed by atoms with Crippen LogP contribution in [-0.4, -0.2) is 20.2 Å². The normalized spacial score (nSPS) is 10.6. The molecule has 0 aliphatic carbocycles. The average Bonchev–Trinajstić information content (AvgIpc) is 2.33. The summed E-state index contributed by atoms with van der Waals surface area (Å²) in [6.07, 6.45) is 1.58. The van der Waals surface area contributed by atoms with Gasteiger partial charge in [0, 0.05) is 0 Å². The van der Waals surface area contributed by atoms with E-state index in [4.69, 9.17) is 5.73 Å². The molecule has 2 heterocycles. The lowest BCUT2D eigenvalue weighted by molar-refractivity contribution is 1.10. The van der Waals surface area contributed by atoms with Crippen molar-refractivity contribution in [1.82, 2.24) is 20.2 Å². The smallest absolute Gasteiger partial charge is 0.176 e. The fourth-order valence-electron chi connectivity index (χ4n) is 0.794. The van der Waals surface area contributed by atoms with E-state index in [-0.39, 0.29) is 0 Å². The Hall–Kier alpha value is -1.17. The van der Waals surface area contributed by atoms with E-state index in [2.05, 4.69) is 36.1 Å². The Morgan fingerprint density at radius 1 is 1.55 bits per heavy atom. The lowest BCUT2D eigenvalue weighted by atomic mass is 10.5. The van der Waals surface area contributed by atoms with Crippen LogP contribution in [0.2, 0.25) is 0 Å². The van der Waals surface area contributed by atoms with Gasteiger partial charge in [-0.05, 0) is 15.9 Å². The van der Waals surface area contributed by atoms with Crippen molar-refractivity contribution in [3.63, 3.8) is 0 Å². The molecule has 11 heavy (non-hydrogen) atoms. The minimum Gasteiger partial charge on any atom is -0.380 e. The number of aromatic amines is 1. The lowest BCUT2D eigenvalue weighted by Gasteiger charge is -1.88. The summed E-state index contributed by atoms with van der Waals surface area (Å²) in [4.78, 5) is 8.06. The van der Waals surface area contributed by atoms with E-state index >= 15 is 0 Å². The fraction of sp³-hybridized carbons (Fsp3) is 0. The first-order valence-corrected chi connectivity index (χ1v) is 3.69. The molecule has 5 nitrogen and oxygen atoms in total. The molecule has 0 amide bonds. The van der Waals surface area contributed by atoms with E-state index in [9.17, 15) is 0 Å². The Kier molecular flexibility index (Phi) is 1.28. The first-order chi connectivity index (χ1) is 5.27. The summed E-state index contributed by atoms with van der Waals surface area (Å²) in [6, 6.07) is 0. The van der Waals surface area contributed by atoms with E-state index in [1.165, 1.54) is 0 Å². The number of hydrogen-bond acceptors (Lipinski definition) is 4. The maximum atomic E-state index is 5.48. The standard InChI is InChI=1S/C5H4BrN5/c6-2-1-8-5-3(9-2)4(7)10-11-5/h1H,(H3,7,8,10,11). The highest BCUT2D eigenvalue weighted by molar-refractivity contribution is 9.10. The molecule has 2 aromatic heterocycles. The number of anilines is 1. The van der Waals surface area contributed by atoms with Gasteiger partial charge in [0.2, 0.25) is 0 Å². The topological polar surface area (TPSA) is 80.5 Å². The van der Waals surface area contributed by atoms with Crippen LogP contribution in [0.15, 0.2) is 10.8 Å². The molecule has 6 heteroatoms. The van der Waals surface area contributed by atoms with Gasteiger partial charge in [-0.1, -0.05) is 0 Å². The number of H-pyrrole nitrogens is 1. The Labute approximate surface area is 70.2 Å². The minimum absolute atomic E-state index is 0.369. The van der Waals surface area contributed by atoms with Gasteiger partial charge in [0.25, 0.3) is 0 Å². The van der Waals surface area contributed by atoms with Crippen LogP contribution in [0.5, 0.6) is 0 Å². The number of aromatic nitrogens is 4. The molecule has 0 aromatic carbocycles. The van der Waals surface area contributed by atoms with Crippen molar-refractivity contribution >= 4 is 32.9 Å². The zero-order valence-corrected chi connectivity index (χ0v) is 6.96. The van der Waals surface area contributed by atoms with Gasteiger partial charge < -0.3 is 5.73 Å². The number of nitrogens with one attached hydrogen (secondary N) is 1. The van der Waals surface area contributed by atoms with Crippen molar-refractivity contribution in [2.75, 3.05) is 5.73 Å². The summed E-state index contributed by atoms with van der Waals surface area (Å²) < 4.78 is 0.651. The molecule has 0 unspecified atom stereocenters. The van der Waals surface area contributed by atoms with Gasteiger partial charge >= 0.3 is 0 Å². The molecule has 0 saturated heterocycles. The molecule has 2 aromatic rings. The molecule has 3 N–H and O–H groups in total. The van der Waals surface area contributed by atoms with E-state index in [1.54, 1.807) is 6.20 Å². The molecule has 0 atom stereocenters. The predicted molar refractivity (Wildman–Crippen MR) is 43.8 cm³/mol. The Morgan fingerprint density at radius 3 is 3.18 bits per heavy atom. The van der Waals surface area contributed by atoms with Gasteiger partial charge in [0.15, 0.2) is 17.0 Å². The van der Waals surface area contributed by atoms with Gasteiger partial charge in [0.05, 0.1) is 6.20 Å². The Bertz CT molecular complexity index is 395. The first-order valence-electron chi connectivity index (χ1n) is 2.89. The molecule has 0 aliphatic rings. The first kappa shape index (κ1) is 6.53. The zero-order valence-electron chi connectivity index (χ0n) is 5.37. The van der Waals surface area contributed by atoms with Gasteiger partial charge in [-0.25, -0.2) is 9.97 Å². The summed E-state index contributed by atoms with van der Waals surface area (Å²) in [5.41, 5.74) is 6.68. The molecule has 0 aliphatic heterocycles. The van der Waals surface area contributed by atoms with E-state index in [0.717, 1.165) is 0 Å². The van der Waals surface area contributed by atoms with Crippen LogP contribution in [0, 0.1) is 0 Å². The molecule has 0 saturated carbocycles. The molecule has 0 bridgehead atoms. The van der Waals surface area contributed by atoms with Crippen molar-refractivity contribution in [2.24, 2.45) is 0 Å². The second-order valence-electron chi connectivity index (χ2n) is 2.00. The number of nitrogens with two attached hydrogens (primary N) is 1. The number of nitrogens with zero attached hydrogens (tertiary/aromatic N) is 3. The molecule has 2 rings (SSSR count). The van der Waals surface area contributed by atoms with E-state index in [0.29, 0.717) is 21.6 Å².